The Bertz CT molecular complexity index is 1030. The number of fused-ring (bicyclic) bond motifs is 1. The highest BCUT2D eigenvalue weighted by Gasteiger charge is 2.58. The number of amides is 4. The minimum absolute atomic E-state index is 0.116. The van der Waals surface area contributed by atoms with E-state index in [1.807, 2.05) is 61.5 Å². The molecule has 2 fully saturated rings. The zero-order valence-electron chi connectivity index (χ0n) is 18.0. The van der Waals surface area contributed by atoms with Gasteiger partial charge in [0.25, 0.3) is 0 Å². The van der Waals surface area contributed by atoms with Crippen molar-refractivity contribution >= 4 is 23.5 Å². The van der Waals surface area contributed by atoms with Gasteiger partial charge in [0.1, 0.15) is 6.17 Å². The lowest BCUT2D eigenvalue weighted by Crippen LogP contribution is -2.53. The molecular formula is C26H27N3O3. The Balaban J connectivity index is 1.40. The van der Waals surface area contributed by atoms with Crippen LogP contribution in [0.3, 0.4) is 0 Å². The van der Waals surface area contributed by atoms with Gasteiger partial charge in [-0.1, -0.05) is 60.2 Å². The van der Waals surface area contributed by atoms with Crippen LogP contribution in [0.25, 0.3) is 0 Å². The van der Waals surface area contributed by atoms with Gasteiger partial charge in [-0.2, -0.15) is 0 Å². The number of aryl methyl sites for hydroxylation is 1. The number of nitrogens with zero attached hydrogens (tertiary/aromatic N) is 1. The fourth-order valence-corrected chi connectivity index (χ4v) is 5.40. The summed E-state index contributed by atoms with van der Waals surface area (Å²) in [5.74, 6) is -0.681. The molecule has 0 aromatic heterocycles. The monoisotopic (exact) mass is 429 g/mol. The number of allylic oxidation sites excluding steroid dienone is 2. The van der Waals surface area contributed by atoms with E-state index in [4.69, 9.17) is 0 Å². The minimum atomic E-state index is -0.743. The van der Waals surface area contributed by atoms with Crippen molar-refractivity contribution in [3.63, 3.8) is 0 Å². The van der Waals surface area contributed by atoms with Crippen molar-refractivity contribution in [2.45, 2.75) is 32.4 Å². The lowest BCUT2D eigenvalue weighted by Gasteiger charge is -2.38. The fraction of sp³-hybridized carbons (Fsp3) is 0.346. The maximum atomic E-state index is 13.4. The number of benzene rings is 2. The maximum absolute atomic E-state index is 13.4. The number of imide groups is 1. The van der Waals surface area contributed by atoms with Crippen LogP contribution in [0.15, 0.2) is 66.7 Å². The first kappa shape index (κ1) is 20.5. The molecule has 2 N–H and O–H groups in total. The van der Waals surface area contributed by atoms with Gasteiger partial charge < -0.3 is 10.6 Å². The van der Waals surface area contributed by atoms with E-state index >= 15 is 0 Å². The molecule has 2 aromatic rings. The number of urea groups is 1. The van der Waals surface area contributed by atoms with Crippen LogP contribution in [0.1, 0.15) is 24.0 Å². The van der Waals surface area contributed by atoms with E-state index < -0.39 is 12.2 Å². The van der Waals surface area contributed by atoms with E-state index in [-0.39, 0.29) is 35.5 Å². The number of hydrogen-bond donors (Lipinski definition) is 2. The lowest BCUT2D eigenvalue weighted by atomic mass is 9.63. The standard InChI is InChI=1S/C26H27N3O3/c1-16-7-13-20(14-8-16)27-26(32)28-21(15-17-5-3-2-4-6-17)29-24(30)22-18-9-10-19(12-11-18)23(22)25(29)31/h2-10,13-14,18-19,21-23H,11-12,15H2,1H3,(H2,27,28,32). The quantitative estimate of drug-likeness (QED) is 0.559. The second-order valence-corrected chi connectivity index (χ2v) is 9.06. The molecule has 6 heteroatoms. The third-order valence-electron chi connectivity index (χ3n) is 6.98. The Labute approximate surface area is 187 Å². The number of rotatable bonds is 5. The summed E-state index contributed by atoms with van der Waals surface area (Å²) in [7, 11) is 0. The summed E-state index contributed by atoms with van der Waals surface area (Å²) in [6, 6.07) is 16.7. The fourth-order valence-electron chi connectivity index (χ4n) is 5.40. The third-order valence-corrected chi connectivity index (χ3v) is 6.98. The molecule has 1 saturated heterocycles. The van der Waals surface area contributed by atoms with Crippen molar-refractivity contribution in [2.24, 2.45) is 23.7 Å². The van der Waals surface area contributed by atoms with E-state index in [1.165, 1.54) is 4.90 Å². The molecule has 1 saturated carbocycles. The molecule has 3 aliphatic carbocycles. The number of carbonyl (C=O) groups excluding carboxylic acids is 3. The van der Waals surface area contributed by atoms with Crippen LogP contribution in [0, 0.1) is 30.6 Å². The Kier molecular flexibility index (Phi) is 5.29. The van der Waals surface area contributed by atoms with Crippen LogP contribution < -0.4 is 10.6 Å². The molecule has 6 rings (SSSR count). The summed E-state index contributed by atoms with van der Waals surface area (Å²) >= 11 is 0. The molecule has 1 heterocycles. The highest BCUT2D eigenvalue weighted by molar-refractivity contribution is 6.06. The molecular weight excluding hydrogens is 402 g/mol. The van der Waals surface area contributed by atoms with Gasteiger partial charge in [0, 0.05) is 12.1 Å². The van der Waals surface area contributed by atoms with Crippen LogP contribution in [0.4, 0.5) is 10.5 Å². The topological polar surface area (TPSA) is 78.5 Å². The summed E-state index contributed by atoms with van der Waals surface area (Å²) in [5, 5.41) is 5.72. The SMILES string of the molecule is Cc1ccc(NC(=O)NC(Cc2ccccc2)N2C(=O)C3C4C=CC(CC4)C3C2=O)cc1. The summed E-state index contributed by atoms with van der Waals surface area (Å²) < 4.78 is 0. The van der Waals surface area contributed by atoms with Crippen molar-refractivity contribution in [3.8, 4) is 0 Å². The Morgan fingerprint density at radius 1 is 0.938 bits per heavy atom. The van der Waals surface area contributed by atoms with Crippen molar-refractivity contribution in [1.82, 2.24) is 10.2 Å². The first-order valence-corrected chi connectivity index (χ1v) is 11.2. The number of likely N-dealkylation sites (tertiary alicyclic amines) is 1. The summed E-state index contributed by atoms with van der Waals surface area (Å²) in [6.45, 7) is 1.98. The average Bonchev–Trinajstić information content (AvgIpc) is 3.09. The second-order valence-electron chi connectivity index (χ2n) is 9.06. The minimum Gasteiger partial charge on any atom is -0.317 e. The van der Waals surface area contributed by atoms with Gasteiger partial charge in [0.05, 0.1) is 11.8 Å². The summed E-state index contributed by atoms with van der Waals surface area (Å²) in [6.07, 6.45) is 5.72. The van der Waals surface area contributed by atoms with Gasteiger partial charge >= 0.3 is 6.03 Å². The molecule has 5 unspecified atom stereocenters. The van der Waals surface area contributed by atoms with Gasteiger partial charge in [-0.15, -0.1) is 0 Å². The van der Waals surface area contributed by atoms with Crippen LogP contribution in [0.2, 0.25) is 0 Å². The van der Waals surface area contributed by atoms with Crippen LogP contribution in [-0.4, -0.2) is 28.9 Å². The van der Waals surface area contributed by atoms with Gasteiger partial charge in [0.2, 0.25) is 11.8 Å². The normalized spacial score (nSPS) is 26.7. The number of carbonyl (C=O) groups is 3. The Morgan fingerprint density at radius 2 is 1.53 bits per heavy atom. The van der Waals surface area contributed by atoms with Gasteiger partial charge in [-0.25, -0.2) is 4.79 Å². The molecule has 2 bridgehead atoms. The molecule has 164 valence electrons. The highest BCUT2D eigenvalue weighted by atomic mass is 16.2. The zero-order chi connectivity index (χ0) is 22.2. The average molecular weight is 430 g/mol. The first-order chi connectivity index (χ1) is 15.5. The molecule has 1 aliphatic heterocycles. The number of anilines is 1. The molecule has 32 heavy (non-hydrogen) atoms. The molecule has 5 atom stereocenters. The third kappa shape index (κ3) is 3.70. The van der Waals surface area contributed by atoms with Crippen molar-refractivity contribution < 1.29 is 14.4 Å². The summed E-state index contributed by atoms with van der Waals surface area (Å²) in [5.41, 5.74) is 2.70. The van der Waals surface area contributed by atoms with E-state index in [2.05, 4.69) is 22.8 Å². The predicted molar refractivity (Wildman–Crippen MR) is 121 cm³/mol. The van der Waals surface area contributed by atoms with Crippen molar-refractivity contribution in [3.05, 3.63) is 77.9 Å². The van der Waals surface area contributed by atoms with E-state index in [1.54, 1.807) is 0 Å². The van der Waals surface area contributed by atoms with Crippen LogP contribution in [-0.2, 0) is 16.0 Å². The van der Waals surface area contributed by atoms with E-state index in [0.717, 1.165) is 24.0 Å². The van der Waals surface area contributed by atoms with Gasteiger partial charge in [-0.3, -0.25) is 14.5 Å². The first-order valence-electron chi connectivity index (χ1n) is 11.2. The van der Waals surface area contributed by atoms with Crippen molar-refractivity contribution in [1.29, 1.82) is 0 Å². The lowest BCUT2D eigenvalue weighted by molar-refractivity contribution is -0.143. The predicted octanol–water partition coefficient (Wildman–Crippen LogP) is 3.88. The van der Waals surface area contributed by atoms with Crippen LogP contribution in [0.5, 0.6) is 0 Å². The molecule has 0 radical (unpaired) electrons. The Hall–Kier alpha value is -3.41. The molecule has 4 amide bonds. The number of nitrogens with one attached hydrogen (secondary N) is 2. The molecule has 2 aromatic carbocycles. The maximum Gasteiger partial charge on any atom is 0.320 e. The smallest absolute Gasteiger partial charge is 0.317 e. The van der Waals surface area contributed by atoms with E-state index in [9.17, 15) is 14.4 Å². The van der Waals surface area contributed by atoms with Crippen LogP contribution >= 0.6 is 0 Å². The van der Waals surface area contributed by atoms with Gasteiger partial charge in [0.15, 0.2) is 0 Å². The van der Waals surface area contributed by atoms with Crippen molar-refractivity contribution in [2.75, 3.05) is 5.32 Å². The summed E-state index contributed by atoms with van der Waals surface area (Å²) in [4.78, 5) is 41.1. The van der Waals surface area contributed by atoms with E-state index in [0.29, 0.717) is 12.1 Å². The second kappa shape index (κ2) is 8.26. The molecule has 0 spiro atoms. The molecule has 6 nitrogen and oxygen atoms in total. The number of hydrogen-bond acceptors (Lipinski definition) is 3. The molecule has 4 aliphatic rings. The zero-order valence-corrected chi connectivity index (χ0v) is 18.0. The highest BCUT2D eigenvalue weighted by Crippen LogP contribution is 2.50. The van der Waals surface area contributed by atoms with Gasteiger partial charge in [-0.05, 0) is 49.3 Å². The largest absolute Gasteiger partial charge is 0.320 e. The Morgan fingerprint density at radius 3 is 2.09 bits per heavy atom.